The minimum atomic E-state index is -0.449. The highest BCUT2D eigenvalue weighted by atomic mass is 35.5. The van der Waals surface area contributed by atoms with E-state index in [2.05, 4.69) is 15.5 Å². The maximum atomic E-state index is 12.0. The maximum Gasteiger partial charge on any atom is 0.276 e. The van der Waals surface area contributed by atoms with Crippen LogP contribution >= 0.6 is 23.2 Å². The highest BCUT2D eigenvalue weighted by Gasteiger charge is 2.18. The molecule has 1 aliphatic rings. The van der Waals surface area contributed by atoms with Gasteiger partial charge in [0, 0.05) is 12.1 Å². The average molecular weight is 312 g/mol. The summed E-state index contributed by atoms with van der Waals surface area (Å²) >= 11 is 11.7. The number of carbonyl (C=O) groups is 1. The lowest BCUT2D eigenvalue weighted by Gasteiger charge is -2.07. The smallest absolute Gasteiger partial charge is 0.276 e. The lowest BCUT2D eigenvalue weighted by atomic mass is 10.2. The quantitative estimate of drug-likeness (QED) is 0.923. The van der Waals surface area contributed by atoms with Gasteiger partial charge in [-0.2, -0.15) is 0 Å². The van der Waals surface area contributed by atoms with Crippen LogP contribution in [0.25, 0.3) is 0 Å². The summed E-state index contributed by atoms with van der Waals surface area (Å²) < 4.78 is 10.4. The molecule has 1 amide bonds. The Morgan fingerprint density at radius 3 is 2.60 bits per heavy atom. The Labute approximate surface area is 123 Å². The number of ether oxygens (including phenoxy) is 2. The number of nitrogens with one attached hydrogen (secondary N) is 1. The minimum absolute atomic E-state index is 0.128. The monoisotopic (exact) mass is 311 g/mol. The van der Waals surface area contributed by atoms with E-state index in [0.29, 0.717) is 22.2 Å². The molecule has 0 radical (unpaired) electrons. The summed E-state index contributed by atoms with van der Waals surface area (Å²) in [5.41, 5.74) is 0.529. The van der Waals surface area contributed by atoms with Crippen LogP contribution in [0.3, 0.4) is 0 Å². The summed E-state index contributed by atoms with van der Waals surface area (Å²) in [7, 11) is 0. The zero-order valence-corrected chi connectivity index (χ0v) is 11.4. The van der Waals surface area contributed by atoms with E-state index in [-0.39, 0.29) is 17.6 Å². The molecule has 0 fully saturated rings. The Balaban J connectivity index is 1.84. The largest absolute Gasteiger partial charge is 0.454 e. The van der Waals surface area contributed by atoms with Crippen molar-refractivity contribution in [2.45, 2.75) is 0 Å². The predicted octanol–water partition coefficient (Wildman–Crippen LogP) is 2.76. The summed E-state index contributed by atoms with van der Waals surface area (Å²) in [4.78, 5) is 12.0. The topological polar surface area (TPSA) is 73.3 Å². The molecule has 3 rings (SSSR count). The Morgan fingerprint density at radius 1 is 1.15 bits per heavy atom. The van der Waals surface area contributed by atoms with Crippen LogP contribution in [0.4, 0.5) is 5.69 Å². The number of hydrogen-bond donors (Lipinski definition) is 1. The van der Waals surface area contributed by atoms with E-state index < -0.39 is 5.91 Å². The van der Waals surface area contributed by atoms with Crippen molar-refractivity contribution in [3.8, 4) is 11.5 Å². The molecular weight excluding hydrogens is 305 g/mol. The van der Waals surface area contributed by atoms with Crippen LogP contribution in [0, 0.1) is 0 Å². The van der Waals surface area contributed by atoms with Crippen molar-refractivity contribution in [3.05, 3.63) is 40.1 Å². The van der Waals surface area contributed by atoms with Gasteiger partial charge in [0.1, 0.15) is 0 Å². The van der Waals surface area contributed by atoms with Crippen LogP contribution in [0.1, 0.15) is 10.5 Å². The standard InChI is InChI=1S/C12H7Cl2N3O3/c13-6-3-9-10(20-5-19-9)4-8(6)15-12(18)7-1-2-11(14)17-16-7/h1-4H,5H2,(H,15,18). The fraction of sp³-hybridized carbons (Fsp3) is 0.0833. The van der Waals surface area contributed by atoms with E-state index in [1.807, 2.05) is 0 Å². The van der Waals surface area contributed by atoms with Crippen LogP contribution in [-0.4, -0.2) is 22.9 Å². The third-order valence-electron chi connectivity index (χ3n) is 2.58. The van der Waals surface area contributed by atoms with E-state index in [0.717, 1.165) is 0 Å². The van der Waals surface area contributed by atoms with Gasteiger partial charge in [-0.3, -0.25) is 4.79 Å². The highest BCUT2D eigenvalue weighted by Crippen LogP contribution is 2.39. The first kappa shape index (κ1) is 13.0. The number of carbonyl (C=O) groups excluding carboxylic acids is 1. The Kier molecular flexibility index (Phi) is 3.33. The lowest BCUT2D eigenvalue weighted by molar-refractivity contribution is 0.102. The summed E-state index contributed by atoms with van der Waals surface area (Å²) in [6.45, 7) is 0.131. The van der Waals surface area contributed by atoms with Crippen molar-refractivity contribution in [3.63, 3.8) is 0 Å². The molecular formula is C12H7Cl2N3O3. The molecule has 1 aromatic heterocycles. The van der Waals surface area contributed by atoms with Gasteiger partial charge in [0.05, 0.1) is 10.7 Å². The zero-order chi connectivity index (χ0) is 14.1. The molecule has 0 bridgehead atoms. The molecule has 0 spiro atoms. The van der Waals surface area contributed by atoms with Crippen LogP contribution < -0.4 is 14.8 Å². The second kappa shape index (κ2) is 5.15. The lowest BCUT2D eigenvalue weighted by Crippen LogP contribution is -2.14. The van der Waals surface area contributed by atoms with Crippen molar-refractivity contribution >= 4 is 34.8 Å². The fourth-order valence-electron chi connectivity index (χ4n) is 1.64. The number of amides is 1. The van der Waals surface area contributed by atoms with Crippen molar-refractivity contribution in [1.29, 1.82) is 0 Å². The van der Waals surface area contributed by atoms with Gasteiger partial charge in [0.25, 0.3) is 5.91 Å². The second-order valence-corrected chi connectivity index (χ2v) is 4.68. The van der Waals surface area contributed by atoms with E-state index in [4.69, 9.17) is 32.7 Å². The molecule has 102 valence electrons. The van der Waals surface area contributed by atoms with E-state index in [1.54, 1.807) is 12.1 Å². The highest BCUT2D eigenvalue weighted by molar-refractivity contribution is 6.34. The number of anilines is 1. The van der Waals surface area contributed by atoms with Crippen molar-refractivity contribution in [2.75, 3.05) is 12.1 Å². The second-order valence-electron chi connectivity index (χ2n) is 3.88. The molecule has 0 aliphatic carbocycles. The Morgan fingerprint density at radius 2 is 1.90 bits per heavy atom. The van der Waals surface area contributed by atoms with Gasteiger partial charge in [-0.1, -0.05) is 23.2 Å². The third kappa shape index (κ3) is 2.48. The van der Waals surface area contributed by atoms with Crippen molar-refractivity contribution < 1.29 is 14.3 Å². The first-order chi connectivity index (χ1) is 9.63. The van der Waals surface area contributed by atoms with Gasteiger partial charge in [-0.05, 0) is 12.1 Å². The van der Waals surface area contributed by atoms with Crippen molar-refractivity contribution in [1.82, 2.24) is 10.2 Å². The normalized spacial score (nSPS) is 12.3. The van der Waals surface area contributed by atoms with Gasteiger partial charge in [-0.15, -0.1) is 10.2 Å². The van der Waals surface area contributed by atoms with Gasteiger partial charge in [-0.25, -0.2) is 0 Å². The van der Waals surface area contributed by atoms with E-state index >= 15 is 0 Å². The van der Waals surface area contributed by atoms with Crippen LogP contribution in [-0.2, 0) is 0 Å². The van der Waals surface area contributed by atoms with E-state index in [9.17, 15) is 4.79 Å². The van der Waals surface area contributed by atoms with Gasteiger partial charge < -0.3 is 14.8 Å². The molecule has 0 saturated carbocycles. The summed E-state index contributed by atoms with van der Waals surface area (Å²) in [6.07, 6.45) is 0. The molecule has 20 heavy (non-hydrogen) atoms. The van der Waals surface area contributed by atoms with Gasteiger partial charge in [0.15, 0.2) is 22.3 Å². The maximum absolute atomic E-state index is 12.0. The number of halogens is 2. The molecule has 0 atom stereocenters. The molecule has 8 heteroatoms. The molecule has 0 saturated heterocycles. The zero-order valence-electron chi connectivity index (χ0n) is 9.89. The molecule has 1 aliphatic heterocycles. The summed E-state index contributed by atoms with van der Waals surface area (Å²) in [5.74, 6) is 0.612. The van der Waals surface area contributed by atoms with Crippen LogP contribution in [0.2, 0.25) is 10.2 Å². The first-order valence-electron chi connectivity index (χ1n) is 5.53. The number of benzene rings is 1. The SMILES string of the molecule is O=C(Nc1cc2c(cc1Cl)OCO2)c1ccc(Cl)nn1. The van der Waals surface area contributed by atoms with Crippen LogP contribution in [0.5, 0.6) is 11.5 Å². The van der Waals surface area contributed by atoms with Crippen molar-refractivity contribution in [2.24, 2.45) is 0 Å². The number of aromatic nitrogens is 2. The minimum Gasteiger partial charge on any atom is -0.454 e. The molecule has 2 heterocycles. The number of rotatable bonds is 2. The summed E-state index contributed by atoms with van der Waals surface area (Å²) in [5, 5.41) is 10.5. The number of nitrogens with zero attached hydrogens (tertiary/aromatic N) is 2. The van der Waals surface area contributed by atoms with Crippen LogP contribution in [0.15, 0.2) is 24.3 Å². The van der Waals surface area contributed by atoms with Gasteiger partial charge >= 0.3 is 0 Å². The summed E-state index contributed by atoms with van der Waals surface area (Å²) in [6, 6.07) is 6.11. The Hall–Kier alpha value is -2.05. The first-order valence-corrected chi connectivity index (χ1v) is 6.29. The predicted molar refractivity (Wildman–Crippen MR) is 72.6 cm³/mol. The average Bonchev–Trinajstić information content (AvgIpc) is 2.87. The number of hydrogen-bond acceptors (Lipinski definition) is 5. The molecule has 0 unspecified atom stereocenters. The molecule has 1 aromatic carbocycles. The molecule has 1 N–H and O–H groups in total. The Bertz CT molecular complexity index is 676. The fourth-order valence-corrected chi connectivity index (χ4v) is 1.94. The number of fused-ring (bicyclic) bond motifs is 1. The third-order valence-corrected chi connectivity index (χ3v) is 3.09. The molecule has 2 aromatic rings. The van der Waals surface area contributed by atoms with E-state index in [1.165, 1.54) is 12.1 Å². The molecule has 6 nitrogen and oxygen atoms in total. The van der Waals surface area contributed by atoms with Gasteiger partial charge in [0.2, 0.25) is 6.79 Å².